The number of hydrogen-bond donors (Lipinski definition) is 3. The second-order valence-electron chi connectivity index (χ2n) is 3.99. The Bertz CT molecular complexity index is 322. The third kappa shape index (κ3) is 4.54. The number of rotatable bonds is 7. The quantitative estimate of drug-likeness (QED) is 0.486. The number of nitrogens with two attached hydrogens (primary N) is 1. The van der Waals surface area contributed by atoms with E-state index in [1.807, 2.05) is 6.92 Å². The van der Waals surface area contributed by atoms with E-state index in [0.717, 1.165) is 31.2 Å². The van der Waals surface area contributed by atoms with Gasteiger partial charge in [-0.25, -0.2) is 15.8 Å². The highest BCUT2D eigenvalue weighted by Gasteiger charge is 2.05. The van der Waals surface area contributed by atoms with Crippen LogP contribution in [0, 0.1) is 5.92 Å². The summed E-state index contributed by atoms with van der Waals surface area (Å²) in [6.07, 6.45) is 0.776. The van der Waals surface area contributed by atoms with Crippen LogP contribution in [0.15, 0.2) is 6.07 Å². The fraction of sp³-hybridized carbons (Fsp3) is 0.636. The van der Waals surface area contributed by atoms with Gasteiger partial charge < -0.3 is 15.5 Å². The number of ether oxygens (including phenoxy) is 1. The summed E-state index contributed by atoms with van der Waals surface area (Å²) in [6, 6.07) is 1.79. The van der Waals surface area contributed by atoms with Gasteiger partial charge in [-0.15, -0.1) is 0 Å². The summed E-state index contributed by atoms with van der Waals surface area (Å²) in [6.45, 7) is 5.65. The molecule has 1 unspecified atom stereocenters. The topological polar surface area (TPSA) is 85.1 Å². The zero-order valence-electron chi connectivity index (χ0n) is 10.7. The van der Waals surface area contributed by atoms with Crippen molar-refractivity contribution in [2.24, 2.45) is 11.8 Å². The molecule has 1 atom stereocenters. The first-order valence-electron chi connectivity index (χ1n) is 5.77. The minimum atomic E-state index is 0.425. The average molecular weight is 239 g/mol. The summed E-state index contributed by atoms with van der Waals surface area (Å²) in [5.41, 5.74) is 2.54. The van der Waals surface area contributed by atoms with Gasteiger partial charge in [-0.05, 0) is 5.92 Å². The number of nitrogens with zero attached hydrogens (tertiary/aromatic N) is 2. The van der Waals surface area contributed by atoms with Gasteiger partial charge >= 0.3 is 0 Å². The number of aryl methyl sites for hydroxylation is 1. The third-order valence-corrected chi connectivity index (χ3v) is 2.32. The Hall–Kier alpha value is -1.40. The lowest BCUT2D eigenvalue weighted by Gasteiger charge is -2.13. The Balaban J connectivity index is 2.63. The molecule has 0 aromatic carbocycles. The van der Waals surface area contributed by atoms with E-state index in [1.54, 1.807) is 13.2 Å². The molecule has 6 heteroatoms. The van der Waals surface area contributed by atoms with Gasteiger partial charge in [-0.2, -0.15) is 0 Å². The van der Waals surface area contributed by atoms with Crippen LogP contribution >= 0.6 is 0 Å². The van der Waals surface area contributed by atoms with Crippen LogP contribution in [0.1, 0.15) is 19.7 Å². The Morgan fingerprint density at radius 1 is 1.41 bits per heavy atom. The van der Waals surface area contributed by atoms with Crippen molar-refractivity contribution < 1.29 is 4.74 Å². The number of methoxy groups -OCH3 is 1. The summed E-state index contributed by atoms with van der Waals surface area (Å²) in [5.74, 6) is 7.96. The molecule has 1 aromatic rings. The van der Waals surface area contributed by atoms with Crippen molar-refractivity contribution in [2.45, 2.75) is 20.3 Å². The molecule has 96 valence electrons. The molecule has 0 aliphatic carbocycles. The fourth-order valence-corrected chi connectivity index (χ4v) is 1.44. The maximum Gasteiger partial charge on any atom is 0.145 e. The Labute approximate surface area is 102 Å². The zero-order chi connectivity index (χ0) is 12.7. The van der Waals surface area contributed by atoms with E-state index in [-0.39, 0.29) is 0 Å². The van der Waals surface area contributed by atoms with Crippen LogP contribution in [0.25, 0.3) is 0 Å². The van der Waals surface area contributed by atoms with Crippen molar-refractivity contribution in [3.63, 3.8) is 0 Å². The molecule has 0 spiro atoms. The summed E-state index contributed by atoms with van der Waals surface area (Å²) >= 11 is 0. The predicted molar refractivity (Wildman–Crippen MR) is 68.7 cm³/mol. The number of nitrogen functional groups attached to an aromatic ring is 1. The first-order chi connectivity index (χ1) is 8.19. The highest BCUT2D eigenvalue weighted by atomic mass is 16.5. The van der Waals surface area contributed by atoms with Gasteiger partial charge in [0, 0.05) is 26.1 Å². The van der Waals surface area contributed by atoms with Gasteiger partial charge in [0.25, 0.3) is 0 Å². The molecule has 4 N–H and O–H groups in total. The molecule has 0 fully saturated rings. The van der Waals surface area contributed by atoms with Crippen LogP contribution in [0.5, 0.6) is 0 Å². The van der Waals surface area contributed by atoms with Crippen LogP contribution in [0.4, 0.5) is 11.6 Å². The molecule has 0 saturated carbocycles. The summed E-state index contributed by atoms with van der Waals surface area (Å²) in [4.78, 5) is 8.60. The highest BCUT2D eigenvalue weighted by Crippen LogP contribution is 2.11. The van der Waals surface area contributed by atoms with Gasteiger partial charge in [0.1, 0.15) is 17.5 Å². The molecule has 0 bridgehead atoms. The molecule has 0 aliphatic heterocycles. The number of hydrogen-bond acceptors (Lipinski definition) is 6. The van der Waals surface area contributed by atoms with Gasteiger partial charge in [0.05, 0.1) is 6.61 Å². The molecular weight excluding hydrogens is 218 g/mol. The molecule has 17 heavy (non-hydrogen) atoms. The molecule has 1 rings (SSSR count). The monoisotopic (exact) mass is 239 g/mol. The predicted octanol–water partition coefficient (Wildman–Crippen LogP) is 1.02. The van der Waals surface area contributed by atoms with Gasteiger partial charge in [0.2, 0.25) is 0 Å². The lowest BCUT2D eigenvalue weighted by molar-refractivity contribution is 0.164. The maximum absolute atomic E-state index is 5.36. The molecule has 0 aliphatic rings. The van der Waals surface area contributed by atoms with Crippen molar-refractivity contribution in [3.8, 4) is 0 Å². The number of nitrogens with one attached hydrogen (secondary N) is 2. The lowest BCUT2D eigenvalue weighted by atomic mass is 10.2. The zero-order valence-corrected chi connectivity index (χ0v) is 10.7. The first kappa shape index (κ1) is 13.7. The lowest BCUT2D eigenvalue weighted by Crippen LogP contribution is -2.18. The van der Waals surface area contributed by atoms with Gasteiger partial charge in [-0.1, -0.05) is 13.8 Å². The second-order valence-corrected chi connectivity index (χ2v) is 3.99. The van der Waals surface area contributed by atoms with Crippen molar-refractivity contribution in [1.29, 1.82) is 0 Å². The Kier molecular flexibility index (Phi) is 5.65. The van der Waals surface area contributed by atoms with Crippen LogP contribution < -0.4 is 16.6 Å². The standard InChI is InChI=1S/C11H21N5O/c1-4-9-14-10(5-11(15-9)16-12)13-6-8(2)7-17-3/h5,8H,4,6-7,12H2,1-3H3,(H2,13,14,15,16). The molecule has 0 saturated heterocycles. The second kappa shape index (κ2) is 7.03. The molecule has 0 amide bonds. The number of hydrazine groups is 1. The van der Waals surface area contributed by atoms with Gasteiger partial charge in [-0.3, -0.25) is 0 Å². The summed E-state index contributed by atoms with van der Waals surface area (Å²) in [7, 11) is 1.70. The van der Waals surface area contributed by atoms with E-state index < -0.39 is 0 Å². The average Bonchev–Trinajstić information content (AvgIpc) is 2.36. The van der Waals surface area contributed by atoms with Gasteiger partial charge in [0.15, 0.2) is 0 Å². The van der Waals surface area contributed by atoms with E-state index in [2.05, 4.69) is 27.6 Å². The SMILES string of the molecule is CCc1nc(NN)cc(NCC(C)COC)n1. The summed E-state index contributed by atoms with van der Waals surface area (Å²) < 4.78 is 5.08. The smallest absolute Gasteiger partial charge is 0.145 e. The van der Waals surface area contributed by atoms with Crippen LogP contribution in [-0.4, -0.2) is 30.2 Å². The minimum Gasteiger partial charge on any atom is -0.384 e. The van der Waals surface area contributed by atoms with Crippen LogP contribution in [0.2, 0.25) is 0 Å². The minimum absolute atomic E-state index is 0.425. The molecule has 0 radical (unpaired) electrons. The van der Waals surface area contributed by atoms with E-state index in [4.69, 9.17) is 10.6 Å². The van der Waals surface area contributed by atoms with E-state index in [9.17, 15) is 0 Å². The van der Waals surface area contributed by atoms with Crippen LogP contribution in [0.3, 0.4) is 0 Å². The van der Waals surface area contributed by atoms with Crippen molar-refractivity contribution >= 4 is 11.6 Å². The normalized spacial score (nSPS) is 12.2. The first-order valence-corrected chi connectivity index (χ1v) is 5.77. The van der Waals surface area contributed by atoms with Crippen molar-refractivity contribution in [1.82, 2.24) is 9.97 Å². The molecular formula is C11H21N5O. The number of aromatic nitrogens is 2. The molecule has 1 aromatic heterocycles. The molecule has 6 nitrogen and oxygen atoms in total. The summed E-state index contributed by atoms with van der Waals surface area (Å²) in [5, 5.41) is 3.25. The Morgan fingerprint density at radius 3 is 2.71 bits per heavy atom. The fourth-order valence-electron chi connectivity index (χ4n) is 1.44. The maximum atomic E-state index is 5.36. The van der Waals surface area contributed by atoms with E-state index in [0.29, 0.717) is 11.7 Å². The van der Waals surface area contributed by atoms with E-state index >= 15 is 0 Å². The van der Waals surface area contributed by atoms with Crippen molar-refractivity contribution in [2.75, 3.05) is 31.0 Å². The number of anilines is 2. The van der Waals surface area contributed by atoms with Crippen molar-refractivity contribution in [3.05, 3.63) is 11.9 Å². The van der Waals surface area contributed by atoms with E-state index in [1.165, 1.54) is 0 Å². The third-order valence-electron chi connectivity index (χ3n) is 2.32. The molecule has 1 heterocycles. The highest BCUT2D eigenvalue weighted by molar-refractivity contribution is 5.46. The largest absolute Gasteiger partial charge is 0.384 e. The Morgan fingerprint density at radius 2 is 2.12 bits per heavy atom. The van der Waals surface area contributed by atoms with Crippen LogP contribution in [-0.2, 0) is 11.2 Å².